The van der Waals surface area contributed by atoms with E-state index in [0.717, 1.165) is 65.3 Å². The van der Waals surface area contributed by atoms with Gasteiger partial charge in [-0.15, -0.1) is 0 Å². The van der Waals surface area contributed by atoms with E-state index in [9.17, 15) is 4.79 Å². The van der Waals surface area contributed by atoms with E-state index in [-0.39, 0.29) is 5.92 Å². The van der Waals surface area contributed by atoms with Gasteiger partial charge in [0, 0.05) is 39.8 Å². The summed E-state index contributed by atoms with van der Waals surface area (Å²) in [5.41, 5.74) is 0. The van der Waals surface area contributed by atoms with Crippen molar-refractivity contribution in [2.45, 2.75) is 12.8 Å². The lowest BCUT2D eigenvalue weighted by Crippen LogP contribution is -2.40. The minimum Gasteiger partial charge on any atom is -0.383 e. The van der Waals surface area contributed by atoms with Gasteiger partial charge >= 0.3 is 0 Å². The Morgan fingerprint density at radius 3 is 2.94 bits per heavy atom. The van der Waals surface area contributed by atoms with Crippen molar-refractivity contribution < 1.29 is 9.53 Å². The molecule has 2 aliphatic heterocycles. The molecule has 0 radical (unpaired) electrons. The number of ether oxygens (including phenoxy) is 1. The van der Waals surface area contributed by atoms with E-state index in [2.05, 4.69) is 15.1 Å². The molecular weight excluding hydrogens is 230 g/mol. The Morgan fingerprint density at radius 2 is 2.22 bits per heavy atom. The van der Waals surface area contributed by atoms with Gasteiger partial charge in [-0.05, 0) is 25.9 Å². The van der Waals surface area contributed by atoms with Crippen LogP contribution in [0.2, 0.25) is 0 Å². The molecule has 2 fully saturated rings. The van der Waals surface area contributed by atoms with E-state index >= 15 is 0 Å². The lowest BCUT2D eigenvalue weighted by Gasteiger charge is -2.24. The SMILES string of the molecule is COCCN1CCCN(C(=O)C2CCNC2)CC1. The highest BCUT2D eigenvalue weighted by molar-refractivity contribution is 5.79. The lowest BCUT2D eigenvalue weighted by molar-refractivity contribution is -0.134. The third-order valence-corrected chi connectivity index (χ3v) is 3.92. The highest BCUT2D eigenvalue weighted by Gasteiger charge is 2.28. The Hall–Kier alpha value is -0.650. The fourth-order valence-corrected chi connectivity index (χ4v) is 2.76. The van der Waals surface area contributed by atoms with E-state index in [0.29, 0.717) is 5.91 Å². The molecule has 1 amide bonds. The average Bonchev–Trinajstić information content (AvgIpc) is 2.82. The topological polar surface area (TPSA) is 44.8 Å². The summed E-state index contributed by atoms with van der Waals surface area (Å²) in [5, 5.41) is 3.27. The molecule has 2 rings (SSSR count). The fourth-order valence-electron chi connectivity index (χ4n) is 2.76. The van der Waals surface area contributed by atoms with Crippen LogP contribution >= 0.6 is 0 Å². The van der Waals surface area contributed by atoms with Crippen LogP contribution in [0.3, 0.4) is 0 Å². The molecule has 0 spiro atoms. The summed E-state index contributed by atoms with van der Waals surface area (Å²) in [4.78, 5) is 16.8. The molecule has 2 saturated heterocycles. The van der Waals surface area contributed by atoms with Gasteiger partial charge in [0.1, 0.15) is 0 Å². The van der Waals surface area contributed by atoms with Crippen LogP contribution in [0.5, 0.6) is 0 Å². The van der Waals surface area contributed by atoms with Gasteiger partial charge in [0.2, 0.25) is 5.91 Å². The summed E-state index contributed by atoms with van der Waals surface area (Å²) in [6.07, 6.45) is 2.08. The number of carbonyl (C=O) groups is 1. The number of carbonyl (C=O) groups excluding carboxylic acids is 1. The Balaban J connectivity index is 1.78. The monoisotopic (exact) mass is 255 g/mol. The molecular formula is C13H25N3O2. The molecule has 1 atom stereocenters. The van der Waals surface area contributed by atoms with Crippen molar-refractivity contribution in [1.29, 1.82) is 0 Å². The largest absolute Gasteiger partial charge is 0.383 e. The second-order valence-corrected chi connectivity index (χ2v) is 5.20. The first kappa shape index (κ1) is 13.8. The number of nitrogens with zero attached hydrogens (tertiary/aromatic N) is 2. The maximum Gasteiger partial charge on any atom is 0.227 e. The molecule has 0 saturated carbocycles. The Kier molecular flexibility index (Phi) is 5.41. The molecule has 1 unspecified atom stereocenters. The van der Waals surface area contributed by atoms with Crippen LogP contribution in [0.15, 0.2) is 0 Å². The van der Waals surface area contributed by atoms with Crippen LogP contribution in [0.1, 0.15) is 12.8 Å². The third-order valence-electron chi connectivity index (χ3n) is 3.92. The van der Waals surface area contributed by atoms with E-state index in [1.807, 2.05) is 0 Å². The molecule has 5 nitrogen and oxygen atoms in total. The van der Waals surface area contributed by atoms with Crippen molar-refractivity contribution in [3.8, 4) is 0 Å². The number of methoxy groups -OCH3 is 1. The highest BCUT2D eigenvalue weighted by atomic mass is 16.5. The number of nitrogens with one attached hydrogen (secondary N) is 1. The highest BCUT2D eigenvalue weighted by Crippen LogP contribution is 2.13. The van der Waals surface area contributed by atoms with Gasteiger partial charge in [0.15, 0.2) is 0 Å². The minimum atomic E-state index is 0.218. The molecule has 0 aromatic rings. The van der Waals surface area contributed by atoms with E-state index in [1.54, 1.807) is 7.11 Å². The number of hydrogen-bond acceptors (Lipinski definition) is 4. The quantitative estimate of drug-likeness (QED) is 0.754. The molecule has 104 valence electrons. The fraction of sp³-hybridized carbons (Fsp3) is 0.923. The van der Waals surface area contributed by atoms with E-state index < -0.39 is 0 Å². The molecule has 2 aliphatic rings. The Labute approximate surface area is 109 Å². The van der Waals surface area contributed by atoms with Crippen LogP contribution in [-0.2, 0) is 9.53 Å². The van der Waals surface area contributed by atoms with Gasteiger partial charge in [-0.25, -0.2) is 0 Å². The Morgan fingerprint density at radius 1 is 1.33 bits per heavy atom. The van der Waals surface area contributed by atoms with E-state index in [1.165, 1.54) is 0 Å². The normalized spacial score (nSPS) is 26.3. The van der Waals surface area contributed by atoms with Gasteiger partial charge in [-0.2, -0.15) is 0 Å². The lowest BCUT2D eigenvalue weighted by atomic mass is 10.1. The zero-order chi connectivity index (χ0) is 12.8. The molecule has 1 N–H and O–H groups in total. The van der Waals surface area contributed by atoms with Crippen LogP contribution in [-0.4, -0.2) is 75.2 Å². The van der Waals surface area contributed by atoms with Gasteiger partial charge in [0.05, 0.1) is 12.5 Å². The molecule has 18 heavy (non-hydrogen) atoms. The van der Waals surface area contributed by atoms with Crippen LogP contribution < -0.4 is 5.32 Å². The maximum atomic E-state index is 12.3. The third kappa shape index (κ3) is 3.67. The average molecular weight is 255 g/mol. The van der Waals surface area contributed by atoms with Crippen LogP contribution in [0.4, 0.5) is 0 Å². The summed E-state index contributed by atoms with van der Waals surface area (Å²) in [7, 11) is 1.74. The smallest absolute Gasteiger partial charge is 0.227 e. The van der Waals surface area contributed by atoms with Crippen molar-refractivity contribution in [2.75, 3.05) is 59.5 Å². The van der Waals surface area contributed by atoms with Gasteiger partial charge < -0.3 is 15.0 Å². The summed E-state index contributed by atoms with van der Waals surface area (Å²) in [6, 6.07) is 0. The van der Waals surface area contributed by atoms with Crippen LogP contribution in [0, 0.1) is 5.92 Å². The molecule has 0 aromatic carbocycles. The van der Waals surface area contributed by atoms with Crippen molar-refractivity contribution in [1.82, 2.24) is 15.1 Å². The van der Waals surface area contributed by atoms with Gasteiger partial charge in [-0.1, -0.05) is 0 Å². The van der Waals surface area contributed by atoms with Crippen LogP contribution in [0.25, 0.3) is 0 Å². The first-order valence-corrected chi connectivity index (χ1v) is 7.02. The predicted molar refractivity (Wildman–Crippen MR) is 70.5 cm³/mol. The zero-order valence-corrected chi connectivity index (χ0v) is 11.4. The first-order valence-electron chi connectivity index (χ1n) is 7.02. The predicted octanol–water partition coefficient (Wildman–Crippen LogP) is -0.223. The van der Waals surface area contributed by atoms with E-state index in [4.69, 9.17) is 4.74 Å². The molecule has 0 aliphatic carbocycles. The molecule has 0 bridgehead atoms. The summed E-state index contributed by atoms with van der Waals surface area (Å²) >= 11 is 0. The van der Waals surface area contributed by atoms with Crippen molar-refractivity contribution in [2.24, 2.45) is 5.92 Å². The Bertz CT molecular complexity index is 267. The van der Waals surface area contributed by atoms with Gasteiger partial charge in [-0.3, -0.25) is 9.69 Å². The summed E-state index contributed by atoms with van der Waals surface area (Å²) in [5.74, 6) is 0.573. The zero-order valence-electron chi connectivity index (χ0n) is 11.4. The number of amides is 1. The summed E-state index contributed by atoms with van der Waals surface area (Å²) < 4.78 is 5.11. The van der Waals surface area contributed by atoms with Crippen molar-refractivity contribution in [3.05, 3.63) is 0 Å². The number of hydrogen-bond donors (Lipinski definition) is 1. The molecule has 5 heteroatoms. The maximum absolute atomic E-state index is 12.3. The number of rotatable bonds is 4. The minimum absolute atomic E-state index is 0.218. The second-order valence-electron chi connectivity index (χ2n) is 5.20. The van der Waals surface area contributed by atoms with Gasteiger partial charge in [0.25, 0.3) is 0 Å². The van der Waals surface area contributed by atoms with Crippen molar-refractivity contribution in [3.63, 3.8) is 0 Å². The molecule has 0 aromatic heterocycles. The first-order chi connectivity index (χ1) is 8.81. The second kappa shape index (κ2) is 7.07. The standard InChI is InChI=1S/C13H25N3O2/c1-18-10-9-15-5-2-6-16(8-7-15)13(17)12-3-4-14-11-12/h12,14H,2-11H2,1H3. The summed E-state index contributed by atoms with van der Waals surface area (Å²) in [6.45, 7) is 7.46. The van der Waals surface area contributed by atoms with Crippen molar-refractivity contribution >= 4 is 5.91 Å². The molecule has 2 heterocycles.